The van der Waals surface area contributed by atoms with Crippen LogP contribution >= 0.6 is 0 Å². The van der Waals surface area contributed by atoms with E-state index in [0.717, 1.165) is 0 Å². The van der Waals surface area contributed by atoms with Crippen LogP contribution in [0.25, 0.3) is 0 Å². The second kappa shape index (κ2) is 4.30. The number of nitrogens with one attached hydrogen (secondary N) is 1. The Balaban J connectivity index is 2.64. The summed E-state index contributed by atoms with van der Waals surface area (Å²) in [4.78, 5) is 14.1. The van der Waals surface area contributed by atoms with Crippen molar-refractivity contribution in [1.29, 1.82) is 0 Å². The molecule has 0 saturated carbocycles. The smallest absolute Gasteiger partial charge is 0.409 e. The number of rotatable bonds is 3. The van der Waals surface area contributed by atoms with E-state index < -0.39 is 6.09 Å². The van der Waals surface area contributed by atoms with Gasteiger partial charge < -0.3 is 9.84 Å². The highest BCUT2D eigenvalue weighted by Gasteiger charge is 1.98. The Labute approximate surface area is 75.4 Å². The Hall–Kier alpha value is -1.78. The van der Waals surface area contributed by atoms with Crippen molar-refractivity contribution in [2.75, 3.05) is 11.9 Å². The minimum atomic E-state index is -1.11. The lowest BCUT2D eigenvalue weighted by Crippen LogP contribution is -2.07. The molecular formula is C8H10N2O3. The third-order valence-corrected chi connectivity index (χ3v) is 1.28. The molecule has 0 aliphatic rings. The van der Waals surface area contributed by atoms with Crippen LogP contribution in [-0.4, -0.2) is 22.8 Å². The van der Waals surface area contributed by atoms with E-state index in [2.05, 4.69) is 10.3 Å². The standard InChI is InChI=1S/C8H10N2O3/c1-2-13-7-4-3-6(5-9-7)10-8(11)12/h3-5,10H,2H2,1H3,(H,11,12). The van der Waals surface area contributed by atoms with E-state index in [-0.39, 0.29) is 0 Å². The highest BCUT2D eigenvalue weighted by atomic mass is 16.5. The van der Waals surface area contributed by atoms with Gasteiger partial charge in [-0.2, -0.15) is 0 Å². The molecule has 0 spiro atoms. The molecule has 0 atom stereocenters. The second-order valence-corrected chi connectivity index (χ2v) is 2.25. The van der Waals surface area contributed by atoms with Crippen molar-refractivity contribution in [3.8, 4) is 5.88 Å². The Bertz CT molecular complexity index is 284. The van der Waals surface area contributed by atoms with Crippen molar-refractivity contribution in [2.24, 2.45) is 0 Å². The fraction of sp³-hybridized carbons (Fsp3) is 0.250. The number of carboxylic acid groups (broad SMARTS) is 1. The molecule has 70 valence electrons. The number of hydrogen-bond acceptors (Lipinski definition) is 3. The van der Waals surface area contributed by atoms with E-state index in [1.54, 1.807) is 12.1 Å². The normalized spacial score (nSPS) is 9.31. The van der Waals surface area contributed by atoms with Crippen LogP contribution in [0.2, 0.25) is 0 Å². The first-order valence-corrected chi connectivity index (χ1v) is 3.81. The average Bonchev–Trinajstić information content (AvgIpc) is 2.08. The molecule has 1 aromatic rings. The number of hydrogen-bond donors (Lipinski definition) is 2. The van der Waals surface area contributed by atoms with Gasteiger partial charge in [-0.25, -0.2) is 9.78 Å². The number of ether oxygens (including phenoxy) is 1. The van der Waals surface area contributed by atoms with Crippen LogP contribution in [0.5, 0.6) is 5.88 Å². The zero-order valence-corrected chi connectivity index (χ0v) is 7.15. The molecule has 0 aromatic carbocycles. The zero-order valence-electron chi connectivity index (χ0n) is 7.15. The Kier molecular flexibility index (Phi) is 3.08. The molecule has 1 aromatic heterocycles. The summed E-state index contributed by atoms with van der Waals surface area (Å²) in [5, 5.41) is 10.5. The second-order valence-electron chi connectivity index (χ2n) is 2.25. The van der Waals surface area contributed by atoms with Gasteiger partial charge in [0.15, 0.2) is 0 Å². The van der Waals surface area contributed by atoms with Crippen LogP contribution in [0.4, 0.5) is 10.5 Å². The average molecular weight is 182 g/mol. The third kappa shape index (κ3) is 2.98. The molecule has 1 rings (SSSR count). The van der Waals surface area contributed by atoms with Crippen molar-refractivity contribution < 1.29 is 14.6 Å². The zero-order chi connectivity index (χ0) is 9.68. The molecule has 0 radical (unpaired) electrons. The third-order valence-electron chi connectivity index (χ3n) is 1.28. The summed E-state index contributed by atoms with van der Waals surface area (Å²) in [5.41, 5.74) is 0.427. The molecule has 5 heteroatoms. The molecule has 0 aliphatic carbocycles. The molecule has 0 bridgehead atoms. The van der Waals surface area contributed by atoms with Crippen molar-refractivity contribution in [3.63, 3.8) is 0 Å². The fourth-order valence-electron chi connectivity index (χ4n) is 0.811. The van der Waals surface area contributed by atoms with Crippen LogP contribution in [-0.2, 0) is 0 Å². The van der Waals surface area contributed by atoms with Gasteiger partial charge in [0, 0.05) is 6.07 Å². The van der Waals surface area contributed by atoms with Crippen molar-refractivity contribution in [3.05, 3.63) is 18.3 Å². The fourth-order valence-corrected chi connectivity index (χ4v) is 0.811. The van der Waals surface area contributed by atoms with Gasteiger partial charge in [0.2, 0.25) is 5.88 Å². The van der Waals surface area contributed by atoms with Crippen LogP contribution in [0.15, 0.2) is 18.3 Å². The van der Waals surface area contributed by atoms with E-state index in [0.29, 0.717) is 18.2 Å². The summed E-state index contributed by atoms with van der Waals surface area (Å²) in [5.74, 6) is 0.485. The monoisotopic (exact) mass is 182 g/mol. The molecule has 0 saturated heterocycles. The van der Waals surface area contributed by atoms with Gasteiger partial charge in [0.05, 0.1) is 18.5 Å². The first-order valence-electron chi connectivity index (χ1n) is 3.81. The topological polar surface area (TPSA) is 71.5 Å². The summed E-state index contributed by atoms with van der Waals surface area (Å²) in [6.45, 7) is 2.39. The SMILES string of the molecule is CCOc1ccc(NC(=O)O)cn1. The van der Waals surface area contributed by atoms with Crippen molar-refractivity contribution in [2.45, 2.75) is 6.92 Å². The van der Waals surface area contributed by atoms with Gasteiger partial charge in [0.25, 0.3) is 0 Å². The number of nitrogens with zero attached hydrogens (tertiary/aromatic N) is 1. The summed E-state index contributed by atoms with van der Waals surface area (Å²) < 4.78 is 5.08. The minimum Gasteiger partial charge on any atom is -0.478 e. The maximum atomic E-state index is 10.2. The maximum Gasteiger partial charge on any atom is 0.409 e. The summed E-state index contributed by atoms with van der Waals surface area (Å²) in [7, 11) is 0. The largest absolute Gasteiger partial charge is 0.478 e. The summed E-state index contributed by atoms with van der Waals surface area (Å²) in [6.07, 6.45) is 0.296. The highest BCUT2D eigenvalue weighted by Crippen LogP contribution is 2.10. The van der Waals surface area contributed by atoms with Gasteiger partial charge in [-0.3, -0.25) is 5.32 Å². The molecule has 1 heterocycles. The lowest BCUT2D eigenvalue weighted by atomic mass is 10.4. The van der Waals surface area contributed by atoms with Crippen LogP contribution in [0, 0.1) is 0 Å². The summed E-state index contributed by atoms with van der Waals surface area (Å²) >= 11 is 0. The lowest BCUT2D eigenvalue weighted by Gasteiger charge is -2.02. The number of amides is 1. The number of carbonyl (C=O) groups is 1. The summed E-state index contributed by atoms with van der Waals surface area (Å²) in [6, 6.07) is 3.20. The molecule has 5 nitrogen and oxygen atoms in total. The van der Waals surface area contributed by atoms with E-state index in [9.17, 15) is 4.79 Å². The molecule has 1 amide bonds. The molecule has 13 heavy (non-hydrogen) atoms. The minimum absolute atomic E-state index is 0.427. The number of pyridine rings is 1. The van der Waals surface area contributed by atoms with Gasteiger partial charge in [0.1, 0.15) is 0 Å². The van der Waals surface area contributed by atoms with E-state index in [1.165, 1.54) is 6.20 Å². The number of aromatic nitrogens is 1. The van der Waals surface area contributed by atoms with Crippen molar-refractivity contribution >= 4 is 11.8 Å². The molecule has 0 unspecified atom stereocenters. The van der Waals surface area contributed by atoms with Gasteiger partial charge in [-0.15, -0.1) is 0 Å². The van der Waals surface area contributed by atoms with Gasteiger partial charge >= 0.3 is 6.09 Å². The molecular weight excluding hydrogens is 172 g/mol. The predicted molar refractivity (Wildman–Crippen MR) is 47.1 cm³/mol. The van der Waals surface area contributed by atoms with E-state index in [1.807, 2.05) is 6.92 Å². The molecule has 0 aliphatic heterocycles. The van der Waals surface area contributed by atoms with Crippen LogP contribution < -0.4 is 10.1 Å². The van der Waals surface area contributed by atoms with Gasteiger partial charge in [-0.1, -0.05) is 0 Å². The highest BCUT2D eigenvalue weighted by molar-refractivity contribution is 5.82. The van der Waals surface area contributed by atoms with Gasteiger partial charge in [-0.05, 0) is 13.0 Å². The molecule has 2 N–H and O–H groups in total. The first kappa shape index (κ1) is 9.31. The van der Waals surface area contributed by atoms with E-state index in [4.69, 9.17) is 9.84 Å². The Morgan fingerprint density at radius 3 is 2.92 bits per heavy atom. The quantitative estimate of drug-likeness (QED) is 0.744. The maximum absolute atomic E-state index is 10.2. The Morgan fingerprint density at radius 1 is 1.69 bits per heavy atom. The predicted octanol–water partition coefficient (Wildman–Crippen LogP) is 1.57. The van der Waals surface area contributed by atoms with Crippen molar-refractivity contribution in [1.82, 2.24) is 4.98 Å². The first-order chi connectivity index (χ1) is 6.22. The number of anilines is 1. The van der Waals surface area contributed by atoms with E-state index >= 15 is 0 Å². The lowest BCUT2D eigenvalue weighted by molar-refractivity contribution is 0.209. The molecule has 0 fully saturated rings. The Morgan fingerprint density at radius 2 is 2.46 bits per heavy atom. The van der Waals surface area contributed by atoms with Crippen LogP contribution in [0.3, 0.4) is 0 Å². The van der Waals surface area contributed by atoms with Crippen LogP contribution in [0.1, 0.15) is 6.92 Å².